The molecule has 3 rings (SSSR count). The molecule has 90 valence electrons. The minimum absolute atomic E-state index is 0.359. The van der Waals surface area contributed by atoms with Gasteiger partial charge < -0.3 is 14.8 Å². The van der Waals surface area contributed by atoms with Gasteiger partial charge in [0, 0.05) is 12.3 Å². The summed E-state index contributed by atoms with van der Waals surface area (Å²) in [6, 6.07) is 9.13. The van der Waals surface area contributed by atoms with Crippen LogP contribution in [0.5, 0.6) is 11.5 Å². The van der Waals surface area contributed by atoms with Crippen molar-refractivity contribution in [3.8, 4) is 11.5 Å². The number of hydrogen-bond acceptors (Lipinski definition) is 5. The second kappa shape index (κ2) is 4.03. The fourth-order valence-corrected chi connectivity index (χ4v) is 1.75. The Morgan fingerprint density at radius 3 is 3.00 bits per heavy atom. The molecule has 1 aromatic carbocycles. The van der Waals surface area contributed by atoms with Crippen LogP contribution in [0, 0.1) is 0 Å². The third-order valence-corrected chi connectivity index (χ3v) is 2.63. The first kappa shape index (κ1) is 10.6. The summed E-state index contributed by atoms with van der Waals surface area (Å²) in [4.78, 5) is 15.6. The number of hydrogen-bond donors (Lipinski definition) is 1. The molecule has 0 amide bonds. The number of carbonyl (C=O) groups is 1. The molecule has 1 aliphatic rings. The number of benzene rings is 1. The van der Waals surface area contributed by atoms with Crippen LogP contribution in [0.1, 0.15) is 10.4 Å². The summed E-state index contributed by atoms with van der Waals surface area (Å²) in [6.45, 7) is 0. The predicted octanol–water partition coefficient (Wildman–Crippen LogP) is 2.72. The van der Waals surface area contributed by atoms with Crippen molar-refractivity contribution in [2.24, 2.45) is 0 Å². The number of aromatic nitrogens is 1. The third kappa shape index (κ3) is 1.66. The van der Waals surface area contributed by atoms with Gasteiger partial charge in [0.25, 0.3) is 0 Å². The Hall–Kier alpha value is -2.56. The first-order valence-corrected chi connectivity index (χ1v) is 5.40. The largest absolute Gasteiger partial charge is 0.465 e. The lowest BCUT2D eigenvalue weighted by Crippen LogP contribution is -2.08. The van der Waals surface area contributed by atoms with Gasteiger partial charge in [-0.25, -0.2) is 9.78 Å². The number of rotatable bonds is 1. The highest BCUT2D eigenvalue weighted by molar-refractivity contribution is 5.90. The van der Waals surface area contributed by atoms with Gasteiger partial charge in [-0.2, -0.15) is 0 Å². The molecule has 0 saturated heterocycles. The molecule has 5 nitrogen and oxygen atoms in total. The number of fused-ring (bicyclic) bond motifs is 2. The van der Waals surface area contributed by atoms with Crippen molar-refractivity contribution in [2.75, 3.05) is 12.4 Å². The van der Waals surface area contributed by atoms with Crippen molar-refractivity contribution in [1.29, 1.82) is 0 Å². The molecule has 2 aromatic rings. The second-order valence-electron chi connectivity index (χ2n) is 3.79. The van der Waals surface area contributed by atoms with E-state index in [4.69, 9.17) is 4.74 Å². The zero-order chi connectivity index (χ0) is 12.5. The van der Waals surface area contributed by atoms with E-state index >= 15 is 0 Å². The number of nitrogens with one attached hydrogen (secondary N) is 1. The van der Waals surface area contributed by atoms with E-state index < -0.39 is 5.97 Å². The molecule has 0 unspecified atom stereocenters. The van der Waals surface area contributed by atoms with Crippen LogP contribution in [-0.4, -0.2) is 18.1 Å². The fourth-order valence-electron chi connectivity index (χ4n) is 1.75. The van der Waals surface area contributed by atoms with Crippen molar-refractivity contribution in [3.05, 3.63) is 42.1 Å². The molecule has 0 aliphatic carbocycles. The average Bonchev–Trinajstić information content (AvgIpc) is 2.43. The van der Waals surface area contributed by atoms with Gasteiger partial charge >= 0.3 is 5.97 Å². The molecule has 0 fully saturated rings. The zero-order valence-corrected chi connectivity index (χ0v) is 9.64. The Bertz CT molecular complexity index is 625. The first-order valence-electron chi connectivity index (χ1n) is 5.40. The van der Waals surface area contributed by atoms with Gasteiger partial charge in [-0.3, -0.25) is 0 Å². The topological polar surface area (TPSA) is 60.5 Å². The fraction of sp³-hybridized carbons (Fsp3) is 0.0769. The van der Waals surface area contributed by atoms with Gasteiger partial charge in [0.1, 0.15) is 0 Å². The number of esters is 1. The molecule has 0 saturated carbocycles. The van der Waals surface area contributed by atoms with Crippen molar-refractivity contribution in [1.82, 2.24) is 4.98 Å². The second-order valence-corrected chi connectivity index (χ2v) is 3.79. The Morgan fingerprint density at radius 1 is 1.33 bits per heavy atom. The highest BCUT2D eigenvalue weighted by Gasteiger charge is 2.19. The van der Waals surface area contributed by atoms with Crippen LogP contribution in [-0.2, 0) is 4.74 Å². The molecule has 5 heteroatoms. The van der Waals surface area contributed by atoms with Crippen molar-refractivity contribution >= 4 is 17.5 Å². The summed E-state index contributed by atoms with van der Waals surface area (Å²) in [6.07, 6.45) is 1.45. The molecule has 0 radical (unpaired) electrons. The Labute approximate surface area is 103 Å². The number of anilines is 2. The maximum atomic E-state index is 11.4. The van der Waals surface area contributed by atoms with Crippen LogP contribution in [0.15, 0.2) is 36.5 Å². The quantitative estimate of drug-likeness (QED) is 0.665. The lowest BCUT2D eigenvalue weighted by Gasteiger charge is -2.20. The highest BCUT2D eigenvalue weighted by atomic mass is 16.5. The monoisotopic (exact) mass is 242 g/mol. The summed E-state index contributed by atoms with van der Waals surface area (Å²) in [7, 11) is 1.33. The van der Waals surface area contributed by atoms with E-state index in [0.717, 1.165) is 5.69 Å². The molecule has 0 bridgehead atoms. The van der Waals surface area contributed by atoms with Crippen LogP contribution >= 0.6 is 0 Å². The maximum absolute atomic E-state index is 11.4. The third-order valence-electron chi connectivity index (χ3n) is 2.63. The molecule has 2 heterocycles. The molecule has 0 atom stereocenters. The van der Waals surface area contributed by atoms with E-state index in [2.05, 4.69) is 15.0 Å². The predicted molar refractivity (Wildman–Crippen MR) is 65.4 cm³/mol. The number of carbonyl (C=O) groups excluding carboxylic acids is 1. The molecule has 1 N–H and O–H groups in total. The Balaban J connectivity index is 2.01. The van der Waals surface area contributed by atoms with Gasteiger partial charge in [-0.15, -0.1) is 0 Å². The summed E-state index contributed by atoms with van der Waals surface area (Å²) in [5.41, 5.74) is 1.21. The first-order chi connectivity index (χ1) is 8.78. The summed E-state index contributed by atoms with van der Waals surface area (Å²) in [5, 5.41) is 3.14. The Kier molecular flexibility index (Phi) is 2.37. The SMILES string of the molecule is COC(=O)c1cnc2c(c1)Oc1ccccc1N2. The molecular formula is C13H10N2O3. The zero-order valence-electron chi connectivity index (χ0n) is 9.64. The average molecular weight is 242 g/mol. The van der Waals surface area contributed by atoms with Crippen LogP contribution in [0.3, 0.4) is 0 Å². The molecule has 18 heavy (non-hydrogen) atoms. The lowest BCUT2D eigenvalue weighted by molar-refractivity contribution is 0.0600. The van der Waals surface area contributed by atoms with E-state index in [9.17, 15) is 4.79 Å². The maximum Gasteiger partial charge on any atom is 0.339 e. The number of nitrogens with zero attached hydrogens (tertiary/aromatic N) is 1. The molecule has 0 spiro atoms. The van der Waals surface area contributed by atoms with Gasteiger partial charge in [0.2, 0.25) is 0 Å². The van der Waals surface area contributed by atoms with Crippen LogP contribution in [0.25, 0.3) is 0 Å². The lowest BCUT2D eigenvalue weighted by atomic mass is 10.2. The van der Waals surface area contributed by atoms with Gasteiger partial charge in [0.15, 0.2) is 17.3 Å². The van der Waals surface area contributed by atoms with E-state index in [1.165, 1.54) is 13.3 Å². The van der Waals surface area contributed by atoms with E-state index in [-0.39, 0.29) is 0 Å². The standard InChI is InChI=1S/C13H10N2O3/c1-17-13(16)8-6-11-12(14-7-8)15-9-4-2-3-5-10(9)18-11/h2-7H,1H3,(H,14,15). The number of methoxy groups -OCH3 is 1. The van der Waals surface area contributed by atoms with Gasteiger partial charge in [-0.05, 0) is 12.1 Å². The van der Waals surface area contributed by atoms with Gasteiger partial charge in [-0.1, -0.05) is 12.1 Å². The summed E-state index contributed by atoms with van der Waals surface area (Å²) in [5.74, 6) is 1.36. The minimum atomic E-state index is -0.437. The van der Waals surface area contributed by atoms with E-state index in [1.807, 2.05) is 24.3 Å². The van der Waals surface area contributed by atoms with Crippen molar-refractivity contribution < 1.29 is 14.3 Å². The van der Waals surface area contributed by atoms with Crippen molar-refractivity contribution in [2.45, 2.75) is 0 Å². The van der Waals surface area contributed by atoms with Crippen LogP contribution in [0.2, 0.25) is 0 Å². The summed E-state index contributed by atoms with van der Waals surface area (Å²) < 4.78 is 10.3. The number of para-hydroxylation sites is 2. The number of pyridine rings is 1. The summed E-state index contributed by atoms with van der Waals surface area (Å²) >= 11 is 0. The smallest absolute Gasteiger partial charge is 0.339 e. The van der Waals surface area contributed by atoms with Crippen molar-refractivity contribution in [3.63, 3.8) is 0 Å². The molecular weight excluding hydrogens is 232 g/mol. The molecule has 1 aliphatic heterocycles. The van der Waals surface area contributed by atoms with Gasteiger partial charge in [0.05, 0.1) is 18.4 Å². The van der Waals surface area contributed by atoms with E-state index in [1.54, 1.807) is 6.07 Å². The highest BCUT2D eigenvalue weighted by Crippen LogP contribution is 2.40. The number of ether oxygens (including phenoxy) is 2. The normalized spacial score (nSPS) is 11.6. The van der Waals surface area contributed by atoms with Crippen LogP contribution < -0.4 is 10.1 Å². The van der Waals surface area contributed by atoms with E-state index in [0.29, 0.717) is 22.9 Å². The Morgan fingerprint density at radius 2 is 2.17 bits per heavy atom. The molecule has 1 aromatic heterocycles. The minimum Gasteiger partial charge on any atom is -0.465 e. The van der Waals surface area contributed by atoms with Crippen LogP contribution in [0.4, 0.5) is 11.5 Å².